The minimum atomic E-state index is -3.70. The summed E-state index contributed by atoms with van der Waals surface area (Å²) in [5, 5.41) is 0. The number of hydrogen-bond donors (Lipinski definition) is 1. The fraction of sp³-hybridized carbons (Fsp3) is 0.412. The molecule has 0 fully saturated rings. The zero-order valence-electron chi connectivity index (χ0n) is 14.7. The number of likely N-dealkylation sites (N-methyl/N-ethyl adjacent to an activating group) is 1. The van der Waals surface area contributed by atoms with E-state index in [0.29, 0.717) is 20.5 Å². The van der Waals surface area contributed by atoms with Gasteiger partial charge in [0.05, 0.1) is 12.8 Å². The fourth-order valence-electron chi connectivity index (χ4n) is 3.21. The number of benzene rings is 1. The molecule has 1 aromatic carbocycles. The highest BCUT2D eigenvalue weighted by molar-refractivity contribution is 9.10. The van der Waals surface area contributed by atoms with Crippen molar-refractivity contribution in [2.24, 2.45) is 0 Å². The summed E-state index contributed by atoms with van der Waals surface area (Å²) >= 11 is 10.3. The van der Waals surface area contributed by atoms with Crippen LogP contribution < -0.4 is 9.46 Å². The maximum Gasteiger partial charge on any atom is 0.271 e. The van der Waals surface area contributed by atoms with E-state index in [1.165, 1.54) is 6.07 Å². The van der Waals surface area contributed by atoms with Crippen molar-refractivity contribution < 1.29 is 13.2 Å². The van der Waals surface area contributed by atoms with Crippen LogP contribution in [0.3, 0.4) is 0 Å². The van der Waals surface area contributed by atoms with Gasteiger partial charge >= 0.3 is 0 Å². The Balaban J connectivity index is 1.98. The molecule has 9 heteroatoms. The van der Waals surface area contributed by atoms with Crippen LogP contribution >= 0.6 is 38.9 Å². The van der Waals surface area contributed by atoms with Crippen LogP contribution in [0.15, 0.2) is 26.9 Å². The number of nitrogens with zero attached hydrogens (tertiary/aromatic N) is 1. The van der Waals surface area contributed by atoms with E-state index in [0.717, 1.165) is 47.5 Å². The van der Waals surface area contributed by atoms with Crippen LogP contribution in [0.2, 0.25) is 4.34 Å². The van der Waals surface area contributed by atoms with E-state index < -0.39 is 10.0 Å². The number of hydrogen-bond acceptors (Lipinski definition) is 5. The van der Waals surface area contributed by atoms with Crippen LogP contribution in [0.4, 0.5) is 5.69 Å². The summed E-state index contributed by atoms with van der Waals surface area (Å²) in [6, 6.07) is 5.53. The third-order valence-corrected chi connectivity index (χ3v) is 8.95. The highest BCUT2D eigenvalue weighted by atomic mass is 79.9. The molecule has 0 saturated heterocycles. The normalized spacial score (nSPS) is 17.2. The molecule has 0 radical (unpaired) electrons. The highest BCUT2D eigenvalue weighted by Crippen LogP contribution is 2.39. The zero-order valence-corrected chi connectivity index (χ0v) is 18.7. The predicted molar refractivity (Wildman–Crippen MR) is 110 cm³/mol. The van der Waals surface area contributed by atoms with Gasteiger partial charge in [-0.3, -0.25) is 4.72 Å². The smallest absolute Gasteiger partial charge is 0.271 e. The third-order valence-electron chi connectivity index (χ3n) is 4.64. The van der Waals surface area contributed by atoms with Gasteiger partial charge in [-0.2, -0.15) is 0 Å². The van der Waals surface area contributed by atoms with Crippen LogP contribution in [0, 0.1) is 0 Å². The van der Waals surface area contributed by atoms with Crippen molar-refractivity contribution in [2.75, 3.05) is 25.9 Å². The van der Waals surface area contributed by atoms with Gasteiger partial charge in [0.25, 0.3) is 10.0 Å². The number of anilines is 1. The number of halogens is 2. The van der Waals surface area contributed by atoms with Crippen LogP contribution in [-0.2, 0) is 22.9 Å². The molecule has 26 heavy (non-hydrogen) atoms. The molecule has 5 nitrogen and oxygen atoms in total. The molecule has 1 heterocycles. The molecule has 1 aliphatic carbocycles. The summed E-state index contributed by atoms with van der Waals surface area (Å²) in [7, 11) is 2.07. The molecule has 1 aromatic heterocycles. The molecule has 1 N–H and O–H groups in total. The van der Waals surface area contributed by atoms with Crippen LogP contribution in [0.1, 0.15) is 17.5 Å². The topological polar surface area (TPSA) is 58.6 Å². The first kappa shape index (κ1) is 19.9. The van der Waals surface area contributed by atoms with Crippen molar-refractivity contribution >= 4 is 54.6 Å². The van der Waals surface area contributed by atoms with Gasteiger partial charge in [0.1, 0.15) is 14.3 Å². The fourth-order valence-corrected chi connectivity index (χ4v) is 6.61. The molecule has 0 spiro atoms. The van der Waals surface area contributed by atoms with Crippen molar-refractivity contribution in [1.82, 2.24) is 4.90 Å². The second kappa shape index (κ2) is 7.67. The molecule has 0 bridgehead atoms. The number of ether oxygens (including phenoxy) is 1. The van der Waals surface area contributed by atoms with Gasteiger partial charge in [0, 0.05) is 16.1 Å². The largest absolute Gasteiger partial charge is 0.496 e. The summed E-state index contributed by atoms with van der Waals surface area (Å²) < 4.78 is 34.9. The zero-order chi connectivity index (χ0) is 19.1. The molecule has 1 aliphatic rings. The second-order valence-electron chi connectivity index (χ2n) is 6.43. The summed E-state index contributed by atoms with van der Waals surface area (Å²) in [4.78, 5) is 2.20. The molecule has 142 valence electrons. The van der Waals surface area contributed by atoms with E-state index in [1.54, 1.807) is 13.2 Å². The lowest BCUT2D eigenvalue weighted by Crippen LogP contribution is -2.34. The summed E-state index contributed by atoms with van der Waals surface area (Å²) in [5.74, 6) is 0.802. The van der Waals surface area contributed by atoms with Gasteiger partial charge in [-0.1, -0.05) is 11.6 Å². The van der Waals surface area contributed by atoms with E-state index in [1.807, 2.05) is 6.07 Å². The average molecular weight is 480 g/mol. The Bertz CT molecular complexity index is 909. The lowest BCUT2D eigenvalue weighted by Gasteiger charge is -2.32. The van der Waals surface area contributed by atoms with Crippen molar-refractivity contribution in [3.63, 3.8) is 0 Å². The molecular formula is C17H20BrClN2O3S2. The predicted octanol–water partition coefficient (Wildman–Crippen LogP) is 4.39. The minimum Gasteiger partial charge on any atom is -0.496 e. The Morgan fingerprint density at radius 3 is 2.65 bits per heavy atom. The molecule has 0 saturated carbocycles. The maximum absolute atomic E-state index is 12.8. The number of thiophene rings is 1. The van der Waals surface area contributed by atoms with Crippen molar-refractivity contribution in [3.05, 3.63) is 38.1 Å². The number of sulfonamides is 1. The summed E-state index contributed by atoms with van der Waals surface area (Å²) in [5.41, 5.74) is 2.69. The van der Waals surface area contributed by atoms with Crippen LogP contribution in [0.5, 0.6) is 5.75 Å². The maximum atomic E-state index is 12.8. The Labute approximate surface area is 171 Å². The first-order valence-electron chi connectivity index (χ1n) is 8.05. The first-order chi connectivity index (χ1) is 12.2. The van der Waals surface area contributed by atoms with Gasteiger partial charge in [-0.05, 0) is 73.1 Å². The lowest BCUT2D eigenvalue weighted by molar-refractivity contribution is 0.265. The van der Waals surface area contributed by atoms with Crippen molar-refractivity contribution in [3.8, 4) is 5.75 Å². The van der Waals surface area contributed by atoms with Gasteiger partial charge in [-0.15, -0.1) is 11.3 Å². The molecular weight excluding hydrogens is 460 g/mol. The Morgan fingerprint density at radius 2 is 2.08 bits per heavy atom. The Hall–Kier alpha value is -0.800. The standard InChI is InChI=1S/C17H20BrClN2O3S2/c1-21(2)10-4-5-11-12(8-10)15(24-3)7-6-14(11)20-26(22,23)16-9-13(18)17(19)25-16/h6-7,9-10,20H,4-5,8H2,1-3H3/t10-/m0/s1. The highest BCUT2D eigenvalue weighted by Gasteiger charge is 2.27. The van der Waals surface area contributed by atoms with E-state index >= 15 is 0 Å². The molecule has 3 rings (SSSR count). The second-order valence-corrected chi connectivity index (χ2v) is 10.8. The van der Waals surface area contributed by atoms with Gasteiger partial charge < -0.3 is 9.64 Å². The molecule has 0 amide bonds. The third kappa shape index (κ3) is 3.89. The van der Waals surface area contributed by atoms with E-state index in [4.69, 9.17) is 16.3 Å². The summed E-state index contributed by atoms with van der Waals surface area (Å²) in [6.07, 6.45) is 2.60. The van der Waals surface area contributed by atoms with E-state index in [-0.39, 0.29) is 4.21 Å². The van der Waals surface area contributed by atoms with E-state index in [2.05, 4.69) is 39.6 Å². The monoisotopic (exact) mass is 478 g/mol. The van der Waals surface area contributed by atoms with E-state index in [9.17, 15) is 8.42 Å². The number of rotatable bonds is 5. The average Bonchev–Trinajstić information content (AvgIpc) is 2.94. The number of nitrogens with one attached hydrogen (secondary N) is 1. The first-order valence-corrected chi connectivity index (χ1v) is 11.5. The molecule has 1 atom stereocenters. The number of fused-ring (bicyclic) bond motifs is 1. The van der Waals surface area contributed by atoms with Gasteiger partial charge in [-0.25, -0.2) is 8.42 Å². The Kier molecular flexibility index (Phi) is 5.89. The van der Waals surface area contributed by atoms with Crippen molar-refractivity contribution in [1.29, 1.82) is 0 Å². The van der Waals surface area contributed by atoms with Crippen LogP contribution in [0.25, 0.3) is 0 Å². The quantitative estimate of drug-likeness (QED) is 0.691. The molecule has 0 aliphatic heterocycles. The molecule has 2 aromatic rings. The Morgan fingerprint density at radius 1 is 1.35 bits per heavy atom. The molecule has 0 unspecified atom stereocenters. The minimum absolute atomic E-state index is 0.181. The van der Waals surface area contributed by atoms with Crippen LogP contribution in [-0.4, -0.2) is 40.6 Å². The SMILES string of the molecule is COc1ccc(NS(=O)(=O)c2cc(Br)c(Cl)s2)c2c1C[C@@H](N(C)C)CC2. The van der Waals surface area contributed by atoms with Gasteiger partial charge in [0.15, 0.2) is 0 Å². The lowest BCUT2D eigenvalue weighted by atomic mass is 9.86. The summed E-state index contributed by atoms with van der Waals surface area (Å²) in [6.45, 7) is 0. The van der Waals surface area contributed by atoms with Crippen molar-refractivity contribution in [2.45, 2.75) is 29.5 Å². The van der Waals surface area contributed by atoms with Gasteiger partial charge in [0.2, 0.25) is 0 Å². The number of methoxy groups -OCH3 is 1.